The molecule has 0 saturated carbocycles. The summed E-state index contributed by atoms with van der Waals surface area (Å²) in [6.07, 6.45) is 4.14. The molecule has 4 rings (SSSR count). The maximum absolute atomic E-state index is 5.65. The number of hydrogen-bond donors (Lipinski definition) is 1. The third-order valence-corrected chi connectivity index (χ3v) is 5.27. The van der Waals surface area contributed by atoms with Crippen LogP contribution in [0.1, 0.15) is 17.0 Å². The van der Waals surface area contributed by atoms with Crippen LogP contribution in [0.2, 0.25) is 0 Å². The Bertz CT molecular complexity index is 940. The molecule has 158 valence electrons. The number of hydrogen-bond acceptors (Lipinski definition) is 6. The zero-order chi connectivity index (χ0) is 20.8. The molecule has 0 unspecified atom stereocenters. The maximum Gasteiger partial charge on any atom is 0.226 e. The molecule has 1 aliphatic heterocycles. The first-order chi connectivity index (χ1) is 14.7. The van der Waals surface area contributed by atoms with Gasteiger partial charge in [-0.3, -0.25) is 9.89 Å². The van der Waals surface area contributed by atoms with Gasteiger partial charge in [-0.25, -0.2) is 4.98 Å². The molecular formula is C22H28N6O2. The van der Waals surface area contributed by atoms with E-state index in [0.29, 0.717) is 5.89 Å². The van der Waals surface area contributed by atoms with Gasteiger partial charge in [0.1, 0.15) is 12.5 Å². The summed E-state index contributed by atoms with van der Waals surface area (Å²) in [5, 5.41) is 7.45. The highest BCUT2D eigenvalue weighted by atomic mass is 16.5. The van der Waals surface area contributed by atoms with E-state index in [1.165, 1.54) is 5.56 Å². The van der Waals surface area contributed by atoms with Gasteiger partial charge in [-0.2, -0.15) is 0 Å². The van der Waals surface area contributed by atoms with Crippen LogP contribution in [-0.2, 0) is 13.0 Å². The van der Waals surface area contributed by atoms with E-state index in [1.54, 1.807) is 12.5 Å². The second-order valence-corrected chi connectivity index (χ2v) is 7.49. The van der Waals surface area contributed by atoms with Gasteiger partial charge in [0.25, 0.3) is 0 Å². The van der Waals surface area contributed by atoms with E-state index in [1.807, 2.05) is 25.2 Å². The van der Waals surface area contributed by atoms with E-state index in [2.05, 4.69) is 49.3 Å². The number of oxazole rings is 1. The van der Waals surface area contributed by atoms with Crippen molar-refractivity contribution in [2.75, 3.05) is 39.8 Å². The number of guanidine groups is 1. The molecule has 3 aromatic rings. The van der Waals surface area contributed by atoms with Gasteiger partial charge < -0.3 is 19.2 Å². The van der Waals surface area contributed by atoms with Gasteiger partial charge >= 0.3 is 0 Å². The lowest BCUT2D eigenvalue weighted by molar-refractivity contribution is 0.169. The molecule has 1 N–H and O–H groups in total. The maximum atomic E-state index is 5.65. The Hall–Kier alpha value is -3.13. The third kappa shape index (κ3) is 5.07. The molecule has 30 heavy (non-hydrogen) atoms. The average molecular weight is 409 g/mol. The van der Waals surface area contributed by atoms with Gasteiger partial charge in [-0.15, -0.1) is 0 Å². The summed E-state index contributed by atoms with van der Waals surface area (Å²) < 4.78 is 10.6. The Morgan fingerprint density at radius 2 is 1.90 bits per heavy atom. The van der Waals surface area contributed by atoms with Crippen LogP contribution in [0.4, 0.5) is 0 Å². The molecule has 0 amide bonds. The molecule has 1 saturated heterocycles. The molecule has 1 aromatic carbocycles. The number of rotatable bonds is 6. The quantitative estimate of drug-likeness (QED) is 0.496. The van der Waals surface area contributed by atoms with Crippen molar-refractivity contribution < 1.29 is 8.94 Å². The molecule has 0 aliphatic carbocycles. The first-order valence-electron chi connectivity index (χ1n) is 10.3. The summed E-state index contributed by atoms with van der Waals surface area (Å²) in [4.78, 5) is 13.7. The number of aryl methyl sites for hydroxylation is 1. The van der Waals surface area contributed by atoms with Gasteiger partial charge in [0.2, 0.25) is 5.89 Å². The van der Waals surface area contributed by atoms with Crippen LogP contribution < -0.4 is 5.32 Å². The van der Waals surface area contributed by atoms with Crippen LogP contribution in [0.25, 0.3) is 11.5 Å². The summed E-state index contributed by atoms with van der Waals surface area (Å²) in [5.41, 5.74) is 4.13. The fraction of sp³-hybridized carbons (Fsp3) is 0.409. The Morgan fingerprint density at radius 1 is 1.10 bits per heavy atom. The summed E-state index contributed by atoms with van der Waals surface area (Å²) in [7, 11) is 1.83. The van der Waals surface area contributed by atoms with E-state index in [4.69, 9.17) is 8.94 Å². The minimum Gasteiger partial charge on any atom is -0.444 e. The Kier molecular flexibility index (Phi) is 6.44. The van der Waals surface area contributed by atoms with Crippen LogP contribution in [0.3, 0.4) is 0 Å². The molecule has 0 bridgehead atoms. The van der Waals surface area contributed by atoms with Gasteiger partial charge in [0.05, 0.1) is 11.4 Å². The summed E-state index contributed by atoms with van der Waals surface area (Å²) >= 11 is 0. The van der Waals surface area contributed by atoms with Crippen molar-refractivity contribution in [3.8, 4) is 11.5 Å². The van der Waals surface area contributed by atoms with Crippen LogP contribution in [0.5, 0.6) is 0 Å². The minimum absolute atomic E-state index is 0.664. The predicted octanol–water partition coefficient (Wildman–Crippen LogP) is 2.57. The predicted molar refractivity (Wildman–Crippen MR) is 115 cm³/mol. The number of aliphatic imine (C=N–C) groups is 1. The van der Waals surface area contributed by atoms with E-state index in [-0.39, 0.29) is 0 Å². The van der Waals surface area contributed by atoms with Crippen molar-refractivity contribution in [3.63, 3.8) is 0 Å². The zero-order valence-electron chi connectivity index (χ0n) is 17.5. The monoisotopic (exact) mass is 408 g/mol. The van der Waals surface area contributed by atoms with Gasteiger partial charge in [0, 0.05) is 64.4 Å². The van der Waals surface area contributed by atoms with Crippen LogP contribution in [0.15, 0.2) is 56.8 Å². The van der Waals surface area contributed by atoms with Crippen molar-refractivity contribution in [2.24, 2.45) is 4.99 Å². The number of piperazine rings is 1. The van der Waals surface area contributed by atoms with Gasteiger partial charge in [0.15, 0.2) is 5.96 Å². The van der Waals surface area contributed by atoms with Crippen molar-refractivity contribution >= 4 is 5.96 Å². The number of nitrogens with one attached hydrogen (secondary N) is 1. The molecule has 0 spiro atoms. The van der Waals surface area contributed by atoms with E-state index in [0.717, 1.165) is 68.6 Å². The van der Waals surface area contributed by atoms with Gasteiger partial charge in [-0.1, -0.05) is 22.9 Å². The summed E-state index contributed by atoms with van der Waals surface area (Å²) in [6.45, 7) is 7.45. The van der Waals surface area contributed by atoms with Gasteiger partial charge in [-0.05, 0) is 19.1 Å². The van der Waals surface area contributed by atoms with Crippen molar-refractivity contribution in [1.82, 2.24) is 25.3 Å². The standard InChI is InChI=1S/C22H28N6O2/c1-17-3-5-18(6-4-17)21-25-20(16-29-21)7-9-24-22(23-2)28-12-10-27(11-13-28)15-19-8-14-30-26-19/h3-6,8,14,16H,7,9-13,15H2,1-2H3,(H,23,24). The summed E-state index contributed by atoms with van der Waals surface area (Å²) in [6, 6.07) is 10.1. The molecule has 8 heteroatoms. The fourth-order valence-corrected chi connectivity index (χ4v) is 3.55. The molecule has 1 aliphatic rings. The van der Waals surface area contributed by atoms with E-state index >= 15 is 0 Å². The number of nitrogens with zero attached hydrogens (tertiary/aromatic N) is 5. The zero-order valence-corrected chi connectivity index (χ0v) is 17.5. The highest BCUT2D eigenvalue weighted by molar-refractivity contribution is 5.80. The molecule has 3 heterocycles. The third-order valence-electron chi connectivity index (χ3n) is 5.27. The van der Waals surface area contributed by atoms with Crippen LogP contribution >= 0.6 is 0 Å². The lowest BCUT2D eigenvalue weighted by Gasteiger charge is -2.36. The minimum atomic E-state index is 0.664. The molecule has 8 nitrogen and oxygen atoms in total. The highest BCUT2D eigenvalue weighted by Crippen LogP contribution is 2.19. The first kappa shape index (κ1) is 20.2. The fourth-order valence-electron chi connectivity index (χ4n) is 3.55. The molecule has 0 radical (unpaired) electrons. The lowest BCUT2D eigenvalue weighted by Crippen LogP contribution is -2.52. The van der Waals surface area contributed by atoms with Crippen LogP contribution in [-0.4, -0.2) is 65.7 Å². The SMILES string of the molecule is CN=C(NCCc1coc(-c2ccc(C)cc2)n1)N1CCN(Cc2ccon2)CC1. The van der Waals surface area contributed by atoms with Crippen molar-refractivity contribution in [1.29, 1.82) is 0 Å². The topological polar surface area (TPSA) is 82.9 Å². The second kappa shape index (κ2) is 9.58. The van der Waals surface area contributed by atoms with E-state index in [9.17, 15) is 0 Å². The number of benzene rings is 1. The average Bonchev–Trinajstić information content (AvgIpc) is 3.45. The molecule has 0 atom stereocenters. The first-order valence-corrected chi connectivity index (χ1v) is 10.3. The Morgan fingerprint density at radius 3 is 2.60 bits per heavy atom. The lowest BCUT2D eigenvalue weighted by atomic mass is 10.1. The second-order valence-electron chi connectivity index (χ2n) is 7.49. The summed E-state index contributed by atoms with van der Waals surface area (Å²) in [5.74, 6) is 1.59. The Labute approximate surface area is 176 Å². The van der Waals surface area contributed by atoms with Crippen molar-refractivity contribution in [3.05, 3.63) is 59.8 Å². The normalized spacial score (nSPS) is 15.5. The molecule has 1 fully saturated rings. The van der Waals surface area contributed by atoms with Crippen LogP contribution in [0, 0.1) is 6.92 Å². The van der Waals surface area contributed by atoms with E-state index < -0.39 is 0 Å². The molecule has 2 aromatic heterocycles. The smallest absolute Gasteiger partial charge is 0.226 e. The number of aromatic nitrogens is 2. The Balaban J connectivity index is 1.23. The largest absolute Gasteiger partial charge is 0.444 e. The molecular weight excluding hydrogens is 380 g/mol. The highest BCUT2D eigenvalue weighted by Gasteiger charge is 2.20. The van der Waals surface area contributed by atoms with Crippen molar-refractivity contribution in [2.45, 2.75) is 19.9 Å².